The van der Waals surface area contributed by atoms with Crippen LogP contribution in [-0.2, 0) is 9.59 Å². The van der Waals surface area contributed by atoms with E-state index in [2.05, 4.69) is 16.2 Å². The number of halogens is 1. The zero-order valence-corrected chi connectivity index (χ0v) is 14.8. The number of anilines is 1. The topological polar surface area (TPSA) is 96.5 Å². The van der Waals surface area contributed by atoms with Gasteiger partial charge in [0.15, 0.2) is 6.61 Å². The van der Waals surface area contributed by atoms with Gasteiger partial charge < -0.3 is 10.1 Å². The van der Waals surface area contributed by atoms with Crippen molar-refractivity contribution in [2.24, 2.45) is 0 Å². The normalized spacial score (nSPS) is 9.92. The lowest BCUT2D eigenvalue weighted by Crippen LogP contribution is -2.43. The maximum absolute atomic E-state index is 12.0. The number of carbonyl (C=O) groups is 3. The maximum atomic E-state index is 12.0. The van der Waals surface area contributed by atoms with Gasteiger partial charge >= 0.3 is 0 Å². The van der Waals surface area contributed by atoms with E-state index in [4.69, 9.17) is 16.3 Å². The Labute approximate surface area is 155 Å². The molecule has 2 aromatic rings. The quantitative estimate of drug-likeness (QED) is 0.676. The minimum atomic E-state index is -0.514. The number of hydrogen-bond donors (Lipinski definition) is 3. The van der Waals surface area contributed by atoms with Gasteiger partial charge in [0.25, 0.3) is 11.8 Å². The third kappa shape index (κ3) is 6.10. The van der Waals surface area contributed by atoms with E-state index in [1.165, 1.54) is 12.1 Å². The molecule has 0 aliphatic carbocycles. The highest BCUT2D eigenvalue weighted by molar-refractivity contribution is 6.30. The van der Waals surface area contributed by atoms with Crippen LogP contribution >= 0.6 is 11.6 Å². The molecule has 2 aromatic carbocycles. The summed E-state index contributed by atoms with van der Waals surface area (Å²) in [5.41, 5.74) is 5.47. The molecule has 26 heavy (non-hydrogen) atoms. The molecule has 0 aromatic heterocycles. The first-order valence-electron chi connectivity index (χ1n) is 7.85. The highest BCUT2D eigenvalue weighted by Gasteiger charge is 2.08. The van der Waals surface area contributed by atoms with Crippen LogP contribution in [0.15, 0.2) is 48.5 Å². The van der Waals surface area contributed by atoms with E-state index in [1.54, 1.807) is 43.3 Å². The molecule has 136 valence electrons. The van der Waals surface area contributed by atoms with Crippen molar-refractivity contribution < 1.29 is 19.1 Å². The van der Waals surface area contributed by atoms with Crippen LogP contribution in [0.3, 0.4) is 0 Å². The molecule has 8 heteroatoms. The summed E-state index contributed by atoms with van der Waals surface area (Å²) in [6, 6.07) is 12.8. The number of hydrogen-bond acceptors (Lipinski definition) is 4. The van der Waals surface area contributed by atoms with Crippen LogP contribution in [0.4, 0.5) is 5.69 Å². The molecule has 7 nitrogen and oxygen atoms in total. The van der Waals surface area contributed by atoms with E-state index in [-0.39, 0.29) is 12.5 Å². The molecule has 0 spiro atoms. The lowest BCUT2D eigenvalue weighted by molar-refractivity contribution is -0.123. The van der Waals surface area contributed by atoms with Crippen LogP contribution in [0.2, 0.25) is 5.02 Å². The largest absolute Gasteiger partial charge is 0.484 e. The van der Waals surface area contributed by atoms with Gasteiger partial charge in [0.05, 0.1) is 0 Å². The van der Waals surface area contributed by atoms with E-state index < -0.39 is 11.8 Å². The van der Waals surface area contributed by atoms with Gasteiger partial charge in [0.2, 0.25) is 5.91 Å². The molecule has 0 heterocycles. The number of ether oxygens (including phenoxy) is 1. The lowest BCUT2D eigenvalue weighted by Gasteiger charge is -2.09. The minimum absolute atomic E-state index is 0.116. The van der Waals surface area contributed by atoms with Crippen molar-refractivity contribution in [1.29, 1.82) is 0 Å². The van der Waals surface area contributed by atoms with Crippen LogP contribution in [0, 0.1) is 0 Å². The van der Waals surface area contributed by atoms with Crippen molar-refractivity contribution in [2.45, 2.75) is 13.3 Å². The average Bonchev–Trinajstić information content (AvgIpc) is 2.66. The Bertz CT molecular complexity index is 776. The SMILES string of the molecule is CCC(=O)Nc1ccc(C(=O)NNC(=O)COc2ccc(Cl)cc2)cc1. The fraction of sp³-hybridized carbons (Fsp3) is 0.167. The van der Waals surface area contributed by atoms with Gasteiger partial charge in [-0.05, 0) is 48.5 Å². The molecular formula is C18H18ClN3O4. The highest BCUT2D eigenvalue weighted by atomic mass is 35.5. The summed E-state index contributed by atoms with van der Waals surface area (Å²) in [7, 11) is 0. The van der Waals surface area contributed by atoms with Crippen molar-refractivity contribution in [3.8, 4) is 5.75 Å². The summed E-state index contributed by atoms with van der Waals surface area (Å²) in [5.74, 6) is -0.630. The van der Waals surface area contributed by atoms with Crippen LogP contribution < -0.4 is 20.9 Å². The van der Waals surface area contributed by atoms with Gasteiger partial charge in [0, 0.05) is 22.7 Å². The van der Waals surface area contributed by atoms with E-state index in [9.17, 15) is 14.4 Å². The number of rotatable bonds is 6. The Balaban J connectivity index is 1.77. The zero-order valence-electron chi connectivity index (χ0n) is 14.0. The van der Waals surface area contributed by atoms with E-state index in [0.29, 0.717) is 28.4 Å². The van der Waals surface area contributed by atoms with Crippen molar-refractivity contribution in [2.75, 3.05) is 11.9 Å². The first-order valence-corrected chi connectivity index (χ1v) is 8.23. The van der Waals surface area contributed by atoms with Crippen LogP contribution in [-0.4, -0.2) is 24.3 Å². The van der Waals surface area contributed by atoms with E-state index >= 15 is 0 Å². The average molecular weight is 376 g/mol. The smallest absolute Gasteiger partial charge is 0.276 e. The molecule has 0 aliphatic rings. The van der Waals surface area contributed by atoms with Gasteiger partial charge in [-0.3, -0.25) is 25.2 Å². The number of amides is 3. The Morgan fingerprint density at radius 3 is 2.19 bits per heavy atom. The maximum Gasteiger partial charge on any atom is 0.276 e. The monoisotopic (exact) mass is 375 g/mol. The molecule has 0 fully saturated rings. The molecular weight excluding hydrogens is 358 g/mol. The van der Waals surface area contributed by atoms with Crippen LogP contribution in [0.25, 0.3) is 0 Å². The van der Waals surface area contributed by atoms with Crippen LogP contribution in [0.1, 0.15) is 23.7 Å². The summed E-state index contributed by atoms with van der Waals surface area (Å²) >= 11 is 5.76. The van der Waals surface area contributed by atoms with Gasteiger partial charge in [-0.15, -0.1) is 0 Å². The lowest BCUT2D eigenvalue weighted by atomic mass is 10.2. The molecule has 0 aliphatic heterocycles. The first kappa shape index (κ1) is 19.3. The highest BCUT2D eigenvalue weighted by Crippen LogP contribution is 2.15. The second kappa shape index (κ2) is 9.43. The molecule has 0 radical (unpaired) electrons. The molecule has 2 rings (SSSR count). The van der Waals surface area contributed by atoms with Crippen LogP contribution in [0.5, 0.6) is 5.75 Å². The van der Waals surface area contributed by atoms with Crippen molar-refractivity contribution in [1.82, 2.24) is 10.9 Å². The van der Waals surface area contributed by atoms with Crippen molar-refractivity contribution in [3.63, 3.8) is 0 Å². The van der Waals surface area contributed by atoms with Gasteiger partial charge in [-0.2, -0.15) is 0 Å². The number of hydrazine groups is 1. The fourth-order valence-corrected chi connectivity index (χ4v) is 1.99. The second-order valence-electron chi connectivity index (χ2n) is 5.22. The summed E-state index contributed by atoms with van der Waals surface area (Å²) in [4.78, 5) is 35.0. The first-order chi connectivity index (χ1) is 12.5. The number of nitrogens with one attached hydrogen (secondary N) is 3. The predicted octanol–water partition coefficient (Wildman–Crippen LogP) is 2.53. The third-order valence-corrected chi connectivity index (χ3v) is 3.50. The van der Waals surface area contributed by atoms with E-state index in [0.717, 1.165) is 0 Å². The summed E-state index contributed by atoms with van der Waals surface area (Å²) in [5, 5.41) is 3.24. The fourth-order valence-electron chi connectivity index (χ4n) is 1.87. The summed E-state index contributed by atoms with van der Waals surface area (Å²) < 4.78 is 5.26. The molecule has 0 bridgehead atoms. The zero-order chi connectivity index (χ0) is 18.9. The Hall–Kier alpha value is -3.06. The van der Waals surface area contributed by atoms with Gasteiger partial charge in [0.1, 0.15) is 5.75 Å². The third-order valence-electron chi connectivity index (χ3n) is 3.25. The van der Waals surface area contributed by atoms with Gasteiger partial charge in [-0.1, -0.05) is 18.5 Å². The molecule has 0 unspecified atom stereocenters. The molecule has 0 atom stereocenters. The second-order valence-corrected chi connectivity index (χ2v) is 5.66. The number of benzene rings is 2. The summed E-state index contributed by atoms with van der Waals surface area (Å²) in [6.07, 6.45) is 0.367. The Morgan fingerprint density at radius 1 is 0.923 bits per heavy atom. The summed E-state index contributed by atoms with van der Waals surface area (Å²) in [6.45, 7) is 1.49. The molecule has 3 amide bonds. The van der Waals surface area contributed by atoms with Gasteiger partial charge in [-0.25, -0.2) is 0 Å². The number of carbonyl (C=O) groups excluding carboxylic acids is 3. The van der Waals surface area contributed by atoms with Crippen molar-refractivity contribution in [3.05, 3.63) is 59.1 Å². The Kier molecular flexibility index (Phi) is 6.99. The molecule has 3 N–H and O–H groups in total. The van der Waals surface area contributed by atoms with E-state index in [1.807, 2.05) is 0 Å². The minimum Gasteiger partial charge on any atom is -0.484 e. The molecule has 0 saturated heterocycles. The Morgan fingerprint density at radius 2 is 1.58 bits per heavy atom. The standard InChI is InChI=1S/C18H18ClN3O4/c1-2-16(23)20-14-7-3-12(4-8-14)18(25)22-21-17(24)11-26-15-9-5-13(19)6-10-15/h3-10H,2,11H2,1H3,(H,20,23)(H,21,24)(H,22,25). The van der Waals surface area contributed by atoms with Crippen molar-refractivity contribution >= 4 is 35.0 Å². The predicted molar refractivity (Wildman–Crippen MR) is 97.9 cm³/mol. The molecule has 0 saturated carbocycles.